The summed E-state index contributed by atoms with van der Waals surface area (Å²) in [6, 6.07) is 13.0. The van der Waals surface area contributed by atoms with Crippen LogP contribution in [0.4, 0.5) is 0 Å². The van der Waals surface area contributed by atoms with Gasteiger partial charge in [-0.3, -0.25) is 9.97 Å². The number of aryl methyl sites for hydroxylation is 2. The third kappa shape index (κ3) is 7.42. The van der Waals surface area contributed by atoms with Crippen molar-refractivity contribution >= 4 is 11.9 Å². The number of carbonyl (C=O) groups is 2. The molecule has 30 heavy (non-hydrogen) atoms. The lowest BCUT2D eigenvalue weighted by atomic mass is 10.2. The van der Waals surface area contributed by atoms with Gasteiger partial charge in [0.15, 0.2) is 12.2 Å². The fourth-order valence-electron chi connectivity index (χ4n) is 2.08. The van der Waals surface area contributed by atoms with Crippen LogP contribution in [0.3, 0.4) is 0 Å². The summed E-state index contributed by atoms with van der Waals surface area (Å²) in [5.41, 5.74) is 1.94. The third-order valence-corrected chi connectivity index (χ3v) is 3.74. The molecule has 0 radical (unpaired) electrons. The molecule has 3 rings (SSSR count). The van der Waals surface area contributed by atoms with Gasteiger partial charge in [-0.15, -0.1) is 0 Å². The molecule has 2 aromatic carbocycles. The second kappa shape index (κ2) is 11.4. The Bertz CT molecular complexity index is 840. The van der Waals surface area contributed by atoms with Gasteiger partial charge in [-0.2, -0.15) is 0 Å². The number of rotatable bonds is 5. The lowest BCUT2D eigenvalue weighted by Gasteiger charge is -2.15. The molecule has 0 fully saturated rings. The van der Waals surface area contributed by atoms with Crippen molar-refractivity contribution < 1.29 is 29.3 Å². The maximum atomic E-state index is 11.8. The Balaban J connectivity index is 0.000000456. The molecule has 2 unspecified atom stereocenters. The summed E-state index contributed by atoms with van der Waals surface area (Å²) in [6.45, 7) is 3.73. The molecule has 3 aromatic rings. The number of ether oxygens (including phenoxy) is 2. The van der Waals surface area contributed by atoms with Crippen LogP contribution < -0.4 is 9.47 Å². The Morgan fingerprint density at radius 3 is 1.23 bits per heavy atom. The molecule has 156 valence electrons. The van der Waals surface area contributed by atoms with Crippen LogP contribution in [0, 0.1) is 13.8 Å². The van der Waals surface area contributed by atoms with E-state index in [0.29, 0.717) is 0 Å². The molecule has 0 amide bonds. The van der Waals surface area contributed by atoms with E-state index in [1.807, 2.05) is 13.8 Å². The zero-order valence-corrected chi connectivity index (χ0v) is 16.5. The molecule has 0 aliphatic carbocycles. The van der Waals surface area contributed by atoms with Gasteiger partial charge >= 0.3 is 11.9 Å². The monoisotopic (exact) mass is 410 g/mol. The Labute approximate surface area is 173 Å². The fourth-order valence-corrected chi connectivity index (χ4v) is 2.08. The summed E-state index contributed by atoms with van der Waals surface area (Å²) < 4.78 is 9.82. The van der Waals surface area contributed by atoms with Crippen molar-refractivity contribution in [1.29, 1.82) is 0 Å². The first-order valence-corrected chi connectivity index (χ1v) is 8.99. The largest absolute Gasteiger partial charge is 0.425 e. The second-order valence-electron chi connectivity index (χ2n) is 6.25. The summed E-state index contributed by atoms with van der Waals surface area (Å²) in [6.07, 6.45) is 2.45. The van der Waals surface area contributed by atoms with Crippen molar-refractivity contribution in [1.82, 2.24) is 9.97 Å². The van der Waals surface area contributed by atoms with E-state index in [1.165, 1.54) is 24.3 Å². The number of aromatic nitrogens is 2. The van der Waals surface area contributed by atoms with Crippen LogP contribution in [0.2, 0.25) is 0 Å². The summed E-state index contributed by atoms with van der Waals surface area (Å²) in [5.74, 6) is -1.90. The number of benzene rings is 2. The molecule has 0 bridgehead atoms. The highest BCUT2D eigenvalue weighted by atomic mass is 16.6. The smallest absolute Gasteiger partial charge is 0.343 e. The van der Waals surface area contributed by atoms with Gasteiger partial charge in [0, 0.05) is 24.8 Å². The van der Waals surface area contributed by atoms with Gasteiger partial charge in [0.2, 0.25) is 0 Å². The lowest BCUT2D eigenvalue weighted by Crippen LogP contribution is -2.43. The molecule has 1 heterocycles. The van der Waals surface area contributed by atoms with E-state index < -0.39 is 24.1 Å². The summed E-state index contributed by atoms with van der Waals surface area (Å²) in [7, 11) is 0. The number of esters is 2. The van der Waals surface area contributed by atoms with Gasteiger partial charge in [-0.05, 0) is 38.1 Å². The number of carbonyl (C=O) groups excluding carboxylic acids is 2. The minimum atomic E-state index is -2.05. The minimum absolute atomic E-state index is 0.198. The molecule has 0 saturated heterocycles. The standard InChI is InChI=1S/C18H18O6.C4H4N2/c1-11-3-7-13(8-4-11)23-17(21)15(19)16(20)18(22)24-14-9-5-12(2)6-10-14;1-2-6-4-3-5-1/h3-10,15-16,19-20H,1-2H3;1-4H. The molecule has 0 aliphatic heterocycles. The molecule has 8 heteroatoms. The zero-order chi connectivity index (χ0) is 21.9. The lowest BCUT2D eigenvalue weighted by molar-refractivity contribution is -0.162. The minimum Gasteiger partial charge on any atom is -0.425 e. The zero-order valence-electron chi connectivity index (χ0n) is 16.5. The first kappa shape index (κ1) is 22.7. The Kier molecular flexibility index (Phi) is 8.61. The van der Waals surface area contributed by atoms with Gasteiger partial charge in [0.25, 0.3) is 0 Å². The van der Waals surface area contributed by atoms with Crippen LogP contribution in [-0.4, -0.2) is 44.3 Å². The Morgan fingerprint density at radius 1 is 0.667 bits per heavy atom. The van der Waals surface area contributed by atoms with Crippen molar-refractivity contribution in [2.45, 2.75) is 26.1 Å². The number of hydrogen-bond donors (Lipinski definition) is 2. The van der Waals surface area contributed by atoms with Gasteiger partial charge in [-0.25, -0.2) is 9.59 Å². The van der Waals surface area contributed by atoms with E-state index in [2.05, 4.69) is 9.97 Å². The SMILES string of the molecule is Cc1ccc(OC(=O)C(O)C(O)C(=O)Oc2ccc(C)cc2)cc1.c1cnccn1. The molecule has 2 N–H and O–H groups in total. The van der Waals surface area contributed by atoms with Gasteiger partial charge in [0.1, 0.15) is 11.5 Å². The second-order valence-corrected chi connectivity index (χ2v) is 6.25. The Hall–Kier alpha value is -3.62. The molecule has 2 atom stereocenters. The van der Waals surface area contributed by atoms with Gasteiger partial charge in [-0.1, -0.05) is 35.4 Å². The highest BCUT2D eigenvalue weighted by molar-refractivity contribution is 5.87. The first-order valence-electron chi connectivity index (χ1n) is 8.99. The normalized spacial score (nSPS) is 12.0. The molecule has 0 aliphatic rings. The number of aliphatic hydroxyl groups excluding tert-OH is 2. The predicted molar refractivity (Wildman–Crippen MR) is 108 cm³/mol. The van der Waals surface area contributed by atoms with E-state index in [4.69, 9.17) is 9.47 Å². The highest BCUT2D eigenvalue weighted by Gasteiger charge is 2.33. The van der Waals surface area contributed by atoms with Crippen molar-refractivity contribution in [3.63, 3.8) is 0 Å². The van der Waals surface area contributed by atoms with Crippen LogP contribution in [0.15, 0.2) is 73.3 Å². The summed E-state index contributed by atoms with van der Waals surface area (Å²) in [4.78, 5) is 31.0. The van der Waals surface area contributed by atoms with Crippen LogP contribution in [-0.2, 0) is 9.59 Å². The Morgan fingerprint density at radius 2 is 0.967 bits per heavy atom. The predicted octanol–water partition coefficient (Wildman–Crippen LogP) is 2.01. The van der Waals surface area contributed by atoms with Crippen LogP contribution in [0.1, 0.15) is 11.1 Å². The molecular weight excluding hydrogens is 388 g/mol. The third-order valence-electron chi connectivity index (χ3n) is 3.74. The average Bonchev–Trinajstić information content (AvgIpc) is 2.77. The molecular formula is C22H22N2O6. The van der Waals surface area contributed by atoms with E-state index in [-0.39, 0.29) is 11.5 Å². The molecule has 8 nitrogen and oxygen atoms in total. The number of aliphatic hydroxyl groups is 2. The quantitative estimate of drug-likeness (QED) is 0.484. The number of hydrogen-bond acceptors (Lipinski definition) is 8. The van der Waals surface area contributed by atoms with Crippen LogP contribution >= 0.6 is 0 Å². The molecule has 0 spiro atoms. The van der Waals surface area contributed by atoms with Crippen LogP contribution in [0.5, 0.6) is 11.5 Å². The topological polar surface area (TPSA) is 119 Å². The molecule has 1 aromatic heterocycles. The van der Waals surface area contributed by atoms with E-state index in [9.17, 15) is 19.8 Å². The number of nitrogens with zero attached hydrogens (tertiary/aromatic N) is 2. The van der Waals surface area contributed by atoms with Crippen molar-refractivity contribution in [3.05, 3.63) is 84.4 Å². The van der Waals surface area contributed by atoms with Crippen LogP contribution in [0.25, 0.3) is 0 Å². The van der Waals surface area contributed by atoms with E-state index in [0.717, 1.165) is 11.1 Å². The van der Waals surface area contributed by atoms with Crippen molar-refractivity contribution in [2.24, 2.45) is 0 Å². The first-order chi connectivity index (χ1) is 14.4. The maximum absolute atomic E-state index is 11.8. The van der Waals surface area contributed by atoms with Gasteiger partial charge in [0.05, 0.1) is 0 Å². The molecule has 0 saturated carbocycles. The maximum Gasteiger partial charge on any atom is 0.343 e. The van der Waals surface area contributed by atoms with Crippen molar-refractivity contribution in [3.8, 4) is 11.5 Å². The summed E-state index contributed by atoms with van der Waals surface area (Å²) in [5, 5.41) is 19.5. The van der Waals surface area contributed by atoms with Crippen molar-refractivity contribution in [2.75, 3.05) is 0 Å². The average molecular weight is 410 g/mol. The van der Waals surface area contributed by atoms with Gasteiger partial charge < -0.3 is 19.7 Å². The fraction of sp³-hybridized carbons (Fsp3) is 0.182. The summed E-state index contributed by atoms with van der Waals surface area (Å²) >= 11 is 0. The highest BCUT2D eigenvalue weighted by Crippen LogP contribution is 2.15. The van der Waals surface area contributed by atoms with E-state index in [1.54, 1.807) is 49.1 Å². The van der Waals surface area contributed by atoms with E-state index >= 15 is 0 Å².